The van der Waals surface area contributed by atoms with Gasteiger partial charge in [0.2, 0.25) is 0 Å². The van der Waals surface area contributed by atoms with Crippen molar-refractivity contribution in [3.63, 3.8) is 0 Å². The van der Waals surface area contributed by atoms with Crippen LogP contribution < -0.4 is 0 Å². The normalized spacial score (nSPS) is 11.7. The van der Waals surface area contributed by atoms with Crippen LogP contribution >= 0.6 is 11.8 Å². The summed E-state index contributed by atoms with van der Waals surface area (Å²) < 4.78 is 5.60. The second kappa shape index (κ2) is 5.42. The minimum absolute atomic E-state index is 0.0600. The fourth-order valence-corrected chi connectivity index (χ4v) is 1.78. The summed E-state index contributed by atoms with van der Waals surface area (Å²) in [4.78, 5) is 1.16. The van der Waals surface area contributed by atoms with Crippen molar-refractivity contribution in [3.05, 3.63) is 24.3 Å². The Morgan fingerprint density at radius 2 is 1.80 bits per heavy atom. The maximum absolute atomic E-state index is 9.10. The zero-order valence-electron chi connectivity index (χ0n) is 9.49. The Balaban J connectivity index is 2.23. The van der Waals surface area contributed by atoms with E-state index in [1.807, 2.05) is 12.1 Å². The third-order valence-corrected chi connectivity index (χ3v) is 2.70. The highest BCUT2D eigenvalue weighted by Gasteiger charge is 2.08. The minimum Gasteiger partial charge on any atom is -0.508 e. The van der Waals surface area contributed by atoms with E-state index < -0.39 is 0 Å². The minimum atomic E-state index is -0.0600. The molecule has 1 aromatic rings. The van der Waals surface area contributed by atoms with Crippen LogP contribution in [0.4, 0.5) is 0 Å². The van der Waals surface area contributed by atoms with Crippen molar-refractivity contribution in [2.45, 2.75) is 31.3 Å². The molecule has 1 N–H and O–H groups in total. The van der Waals surface area contributed by atoms with Gasteiger partial charge in [-0.3, -0.25) is 0 Å². The molecule has 0 radical (unpaired) electrons. The zero-order chi connectivity index (χ0) is 11.3. The lowest BCUT2D eigenvalue weighted by Gasteiger charge is -2.19. The van der Waals surface area contributed by atoms with Crippen LogP contribution in [0, 0.1) is 0 Å². The quantitative estimate of drug-likeness (QED) is 0.631. The van der Waals surface area contributed by atoms with Crippen molar-refractivity contribution >= 4 is 11.8 Å². The number of hydrogen-bond acceptors (Lipinski definition) is 3. The molecular weight excluding hydrogens is 208 g/mol. The van der Waals surface area contributed by atoms with E-state index in [2.05, 4.69) is 20.8 Å². The van der Waals surface area contributed by atoms with Crippen LogP contribution in [-0.4, -0.2) is 23.1 Å². The number of phenolic OH excluding ortho intramolecular Hbond substituents is 1. The highest BCUT2D eigenvalue weighted by Crippen LogP contribution is 2.20. The Bertz CT molecular complexity index is 287. The van der Waals surface area contributed by atoms with Crippen molar-refractivity contribution in [2.24, 2.45) is 0 Å². The highest BCUT2D eigenvalue weighted by atomic mass is 32.2. The first-order valence-corrected chi connectivity index (χ1v) is 6.02. The van der Waals surface area contributed by atoms with E-state index in [9.17, 15) is 0 Å². The van der Waals surface area contributed by atoms with Crippen LogP contribution in [0.5, 0.6) is 5.75 Å². The maximum Gasteiger partial charge on any atom is 0.115 e. The van der Waals surface area contributed by atoms with Crippen LogP contribution in [0.1, 0.15) is 20.8 Å². The summed E-state index contributed by atoms with van der Waals surface area (Å²) >= 11 is 1.73. The molecule has 84 valence electrons. The molecule has 0 saturated carbocycles. The lowest BCUT2D eigenvalue weighted by Crippen LogP contribution is -2.20. The van der Waals surface area contributed by atoms with Gasteiger partial charge in [0, 0.05) is 10.6 Å². The summed E-state index contributed by atoms with van der Waals surface area (Å²) in [6.07, 6.45) is 0. The van der Waals surface area contributed by atoms with Crippen molar-refractivity contribution in [1.29, 1.82) is 0 Å². The summed E-state index contributed by atoms with van der Waals surface area (Å²) in [6, 6.07) is 7.23. The Morgan fingerprint density at radius 1 is 1.20 bits per heavy atom. The first kappa shape index (κ1) is 12.4. The standard InChI is InChI=1S/C12H18O2S/c1-12(2,3)14-8-9-15-11-6-4-10(13)5-7-11/h4-7,13H,8-9H2,1-3H3. The van der Waals surface area contributed by atoms with E-state index in [4.69, 9.17) is 9.84 Å². The molecule has 0 aliphatic heterocycles. The number of aromatic hydroxyl groups is 1. The molecular formula is C12H18O2S. The number of thioether (sulfide) groups is 1. The third-order valence-electron chi connectivity index (χ3n) is 1.72. The van der Waals surface area contributed by atoms with E-state index in [0.717, 1.165) is 17.3 Å². The average molecular weight is 226 g/mol. The SMILES string of the molecule is CC(C)(C)OCCSc1ccc(O)cc1. The van der Waals surface area contributed by atoms with E-state index in [0.29, 0.717) is 5.75 Å². The number of rotatable bonds is 4. The third kappa shape index (κ3) is 5.70. The Hall–Kier alpha value is -0.670. The fourth-order valence-electron chi connectivity index (χ4n) is 1.05. The summed E-state index contributed by atoms with van der Waals surface area (Å²) in [7, 11) is 0. The summed E-state index contributed by atoms with van der Waals surface area (Å²) in [5.41, 5.74) is -0.0600. The van der Waals surface area contributed by atoms with Crippen LogP contribution in [0.3, 0.4) is 0 Å². The van der Waals surface area contributed by atoms with Gasteiger partial charge in [0.15, 0.2) is 0 Å². The predicted octanol–water partition coefficient (Wildman–Crippen LogP) is 3.30. The first-order valence-electron chi connectivity index (χ1n) is 5.03. The molecule has 3 heteroatoms. The molecule has 1 aromatic carbocycles. The predicted molar refractivity (Wildman–Crippen MR) is 64.5 cm³/mol. The van der Waals surface area contributed by atoms with Crippen LogP contribution in [0.2, 0.25) is 0 Å². The molecule has 0 unspecified atom stereocenters. The second-order valence-electron chi connectivity index (χ2n) is 4.30. The van der Waals surface area contributed by atoms with Gasteiger partial charge in [-0.15, -0.1) is 11.8 Å². The molecule has 0 aromatic heterocycles. The number of hydrogen-bond donors (Lipinski definition) is 1. The van der Waals surface area contributed by atoms with Gasteiger partial charge in [0.1, 0.15) is 5.75 Å². The molecule has 0 spiro atoms. The molecule has 15 heavy (non-hydrogen) atoms. The lowest BCUT2D eigenvalue weighted by molar-refractivity contribution is 0.00695. The maximum atomic E-state index is 9.10. The molecule has 0 heterocycles. The molecule has 0 aliphatic carbocycles. The lowest BCUT2D eigenvalue weighted by atomic mass is 10.2. The van der Waals surface area contributed by atoms with Gasteiger partial charge in [0.05, 0.1) is 12.2 Å². The summed E-state index contributed by atoms with van der Waals surface area (Å²) in [5, 5.41) is 9.10. The molecule has 0 bridgehead atoms. The van der Waals surface area contributed by atoms with Gasteiger partial charge in [-0.2, -0.15) is 0 Å². The topological polar surface area (TPSA) is 29.5 Å². The van der Waals surface area contributed by atoms with E-state index in [-0.39, 0.29) is 5.60 Å². The molecule has 1 rings (SSSR count). The van der Waals surface area contributed by atoms with E-state index in [1.165, 1.54) is 0 Å². The smallest absolute Gasteiger partial charge is 0.115 e. The Morgan fingerprint density at radius 3 is 2.33 bits per heavy atom. The van der Waals surface area contributed by atoms with E-state index >= 15 is 0 Å². The number of ether oxygens (including phenoxy) is 1. The number of benzene rings is 1. The van der Waals surface area contributed by atoms with Gasteiger partial charge in [0.25, 0.3) is 0 Å². The van der Waals surface area contributed by atoms with Crippen molar-refractivity contribution < 1.29 is 9.84 Å². The largest absolute Gasteiger partial charge is 0.508 e. The van der Waals surface area contributed by atoms with E-state index in [1.54, 1.807) is 23.9 Å². The van der Waals surface area contributed by atoms with Crippen molar-refractivity contribution in [3.8, 4) is 5.75 Å². The zero-order valence-corrected chi connectivity index (χ0v) is 10.3. The molecule has 0 amide bonds. The van der Waals surface area contributed by atoms with Gasteiger partial charge in [-0.1, -0.05) is 0 Å². The highest BCUT2D eigenvalue weighted by molar-refractivity contribution is 7.99. The van der Waals surface area contributed by atoms with Crippen molar-refractivity contribution in [2.75, 3.05) is 12.4 Å². The van der Waals surface area contributed by atoms with Crippen LogP contribution in [-0.2, 0) is 4.74 Å². The molecule has 0 fully saturated rings. The van der Waals surface area contributed by atoms with Gasteiger partial charge >= 0.3 is 0 Å². The van der Waals surface area contributed by atoms with Gasteiger partial charge in [-0.05, 0) is 45.0 Å². The fraction of sp³-hybridized carbons (Fsp3) is 0.500. The van der Waals surface area contributed by atoms with Crippen molar-refractivity contribution in [1.82, 2.24) is 0 Å². The monoisotopic (exact) mass is 226 g/mol. The Labute approximate surface area is 95.7 Å². The first-order chi connectivity index (χ1) is 6.97. The van der Waals surface area contributed by atoms with Gasteiger partial charge < -0.3 is 9.84 Å². The molecule has 0 atom stereocenters. The second-order valence-corrected chi connectivity index (χ2v) is 5.47. The summed E-state index contributed by atoms with van der Waals surface area (Å²) in [6.45, 7) is 6.91. The van der Waals surface area contributed by atoms with Crippen LogP contribution in [0.15, 0.2) is 29.2 Å². The Kier molecular flexibility index (Phi) is 4.48. The average Bonchev–Trinajstić information content (AvgIpc) is 2.14. The van der Waals surface area contributed by atoms with Crippen LogP contribution in [0.25, 0.3) is 0 Å². The molecule has 0 aliphatic rings. The number of phenols is 1. The molecule has 2 nitrogen and oxygen atoms in total. The summed E-state index contributed by atoms with van der Waals surface area (Å²) in [5.74, 6) is 1.24. The van der Waals surface area contributed by atoms with Gasteiger partial charge in [-0.25, -0.2) is 0 Å². The molecule has 0 saturated heterocycles.